The molecule has 0 unspecified atom stereocenters. The maximum Gasteiger partial charge on any atom is 0.333 e. The number of rotatable bonds is 7. The highest BCUT2D eigenvalue weighted by Gasteiger charge is 2.28. The Kier molecular flexibility index (Phi) is 5.96. The van der Waals surface area contributed by atoms with Gasteiger partial charge in [0, 0.05) is 0 Å². The first kappa shape index (κ1) is 15.3. The molecule has 1 aromatic rings. The van der Waals surface area contributed by atoms with E-state index in [1.165, 1.54) is 24.3 Å². The van der Waals surface area contributed by atoms with Crippen molar-refractivity contribution < 1.29 is 23.1 Å². The molecule has 0 aliphatic rings. The molecule has 0 radical (unpaired) electrons. The van der Waals surface area contributed by atoms with E-state index < -0.39 is 13.7 Å². The van der Waals surface area contributed by atoms with Crippen molar-refractivity contribution >= 4 is 7.60 Å². The molecule has 0 saturated heterocycles. The normalized spacial score (nSPS) is 13.6. The van der Waals surface area contributed by atoms with E-state index in [0.29, 0.717) is 5.56 Å². The Morgan fingerprint density at radius 1 is 1.22 bits per heavy atom. The van der Waals surface area contributed by atoms with E-state index in [1.54, 1.807) is 13.8 Å². The molecule has 1 atom stereocenters. The van der Waals surface area contributed by atoms with Crippen molar-refractivity contribution in [3.05, 3.63) is 35.6 Å². The number of hydrogen-bond acceptors (Lipinski definition) is 4. The van der Waals surface area contributed by atoms with Gasteiger partial charge in [0.15, 0.2) is 0 Å². The molecule has 0 aromatic heterocycles. The molecule has 1 aromatic carbocycles. The third kappa shape index (κ3) is 4.50. The quantitative estimate of drug-likeness (QED) is 0.777. The summed E-state index contributed by atoms with van der Waals surface area (Å²) in [6.07, 6.45) is -1.14. The minimum absolute atomic E-state index is 0.139. The molecule has 0 saturated carbocycles. The molecule has 1 N–H and O–H groups in total. The first-order chi connectivity index (χ1) is 8.50. The van der Waals surface area contributed by atoms with E-state index in [2.05, 4.69) is 0 Å². The van der Waals surface area contributed by atoms with Crippen molar-refractivity contribution in [1.82, 2.24) is 0 Å². The topological polar surface area (TPSA) is 55.8 Å². The molecule has 102 valence electrons. The molecular weight excluding hydrogens is 258 g/mol. The van der Waals surface area contributed by atoms with Gasteiger partial charge in [-0.3, -0.25) is 4.57 Å². The zero-order valence-corrected chi connectivity index (χ0v) is 11.4. The highest BCUT2D eigenvalue weighted by Crippen LogP contribution is 2.50. The summed E-state index contributed by atoms with van der Waals surface area (Å²) in [7, 11) is -3.30. The minimum atomic E-state index is -3.30. The van der Waals surface area contributed by atoms with Crippen LogP contribution >= 0.6 is 7.60 Å². The second-order valence-electron chi connectivity index (χ2n) is 3.70. The van der Waals surface area contributed by atoms with Gasteiger partial charge >= 0.3 is 7.60 Å². The largest absolute Gasteiger partial charge is 0.388 e. The Morgan fingerprint density at radius 3 is 2.17 bits per heavy atom. The summed E-state index contributed by atoms with van der Waals surface area (Å²) in [6, 6.07) is 5.38. The molecule has 6 heteroatoms. The van der Waals surface area contributed by atoms with Crippen LogP contribution in [0.5, 0.6) is 0 Å². The van der Waals surface area contributed by atoms with Gasteiger partial charge in [-0.15, -0.1) is 0 Å². The Balaban J connectivity index is 2.74. The molecular formula is C12H18FO4P. The predicted octanol–water partition coefficient (Wildman–Crippen LogP) is 3.13. The predicted molar refractivity (Wildman–Crippen MR) is 67.1 cm³/mol. The Labute approximate surface area is 106 Å². The summed E-state index contributed by atoms with van der Waals surface area (Å²) in [6.45, 7) is 3.90. The van der Waals surface area contributed by atoms with Crippen LogP contribution in [0.2, 0.25) is 0 Å². The molecule has 0 heterocycles. The summed E-state index contributed by atoms with van der Waals surface area (Å²) < 4.78 is 35.1. The van der Waals surface area contributed by atoms with Crippen LogP contribution in [-0.4, -0.2) is 24.5 Å². The van der Waals surface area contributed by atoms with E-state index in [9.17, 15) is 14.1 Å². The van der Waals surface area contributed by atoms with Crippen LogP contribution in [0.4, 0.5) is 4.39 Å². The number of hydrogen-bond donors (Lipinski definition) is 1. The van der Waals surface area contributed by atoms with Crippen LogP contribution in [0.1, 0.15) is 25.5 Å². The molecule has 0 amide bonds. The third-order valence-corrected chi connectivity index (χ3v) is 4.40. The Bertz CT molecular complexity index is 397. The second kappa shape index (κ2) is 7.00. The molecule has 0 spiro atoms. The summed E-state index contributed by atoms with van der Waals surface area (Å²) in [5.41, 5.74) is 0.482. The van der Waals surface area contributed by atoms with E-state index in [0.717, 1.165) is 0 Å². The summed E-state index contributed by atoms with van der Waals surface area (Å²) in [5, 5.41) is 9.95. The summed E-state index contributed by atoms with van der Waals surface area (Å²) >= 11 is 0. The van der Waals surface area contributed by atoms with Crippen LogP contribution in [0.25, 0.3) is 0 Å². The van der Waals surface area contributed by atoms with Crippen LogP contribution < -0.4 is 0 Å². The van der Waals surface area contributed by atoms with Crippen LogP contribution in [0.15, 0.2) is 24.3 Å². The standard InChI is InChI=1S/C12H18FO4P/c1-3-16-18(15,17-4-2)9-12(14)10-5-7-11(13)8-6-10/h5-8,12,14H,3-4,9H2,1-2H3/t12-/m1/s1. The SMILES string of the molecule is CCOP(=O)(C[C@@H](O)c1ccc(F)cc1)OCC. The van der Waals surface area contributed by atoms with Crippen molar-refractivity contribution in [2.45, 2.75) is 20.0 Å². The van der Waals surface area contributed by atoms with Crippen molar-refractivity contribution in [3.8, 4) is 0 Å². The van der Waals surface area contributed by atoms with Crippen LogP contribution in [-0.2, 0) is 13.6 Å². The first-order valence-electron chi connectivity index (χ1n) is 5.82. The van der Waals surface area contributed by atoms with Gasteiger partial charge in [0.2, 0.25) is 0 Å². The van der Waals surface area contributed by atoms with Gasteiger partial charge in [0.1, 0.15) is 5.82 Å². The lowest BCUT2D eigenvalue weighted by molar-refractivity contribution is 0.170. The maximum atomic E-state index is 12.7. The number of aliphatic hydroxyl groups excluding tert-OH is 1. The van der Waals surface area contributed by atoms with Crippen molar-refractivity contribution in [1.29, 1.82) is 0 Å². The number of aliphatic hydroxyl groups is 1. The van der Waals surface area contributed by atoms with E-state index in [4.69, 9.17) is 9.05 Å². The summed E-state index contributed by atoms with van der Waals surface area (Å²) in [5.74, 6) is -0.385. The Hall–Kier alpha value is -0.740. The van der Waals surface area contributed by atoms with Crippen molar-refractivity contribution in [2.24, 2.45) is 0 Å². The lowest BCUT2D eigenvalue weighted by Crippen LogP contribution is -2.08. The zero-order chi connectivity index (χ0) is 13.6. The molecule has 4 nitrogen and oxygen atoms in total. The van der Waals surface area contributed by atoms with Crippen LogP contribution in [0, 0.1) is 5.82 Å². The van der Waals surface area contributed by atoms with Gasteiger partial charge < -0.3 is 14.2 Å². The fourth-order valence-corrected chi connectivity index (χ4v) is 3.24. The molecule has 0 bridgehead atoms. The van der Waals surface area contributed by atoms with Gasteiger partial charge in [-0.1, -0.05) is 12.1 Å². The summed E-state index contributed by atoms with van der Waals surface area (Å²) in [4.78, 5) is 0. The first-order valence-corrected chi connectivity index (χ1v) is 7.55. The van der Waals surface area contributed by atoms with Crippen molar-refractivity contribution in [2.75, 3.05) is 19.4 Å². The Morgan fingerprint density at radius 2 is 1.72 bits per heavy atom. The van der Waals surface area contributed by atoms with Gasteiger partial charge in [0.25, 0.3) is 0 Å². The van der Waals surface area contributed by atoms with Gasteiger partial charge in [-0.25, -0.2) is 4.39 Å². The fourth-order valence-electron chi connectivity index (χ4n) is 1.54. The molecule has 0 fully saturated rings. The van der Waals surface area contributed by atoms with E-state index in [1.807, 2.05) is 0 Å². The monoisotopic (exact) mass is 276 g/mol. The molecule has 0 aliphatic heterocycles. The lowest BCUT2D eigenvalue weighted by atomic mass is 10.1. The maximum absolute atomic E-state index is 12.7. The van der Waals surface area contributed by atoms with E-state index in [-0.39, 0.29) is 25.2 Å². The second-order valence-corrected chi connectivity index (χ2v) is 5.80. The number of halogens is 1. The van der Waals surface area contributed by atoms with Gasteiger partial charge in [-0.05, 0) is 31.5 Å². The smallest absolute Gasteiger partial charge is 0.333 e. The third-order valence-electron chi connectivity index (χ3n) is 2.30. The van der Waals surface area contributed by atoms with Crippen LogP contribution in [0.3, 0.4) is 0 Å². The van der Waals surface area contributed by atoms with Gasteiger partial charge in [-0.2, -0.15) is 0 Å². The fraction of sp³-hybridized carbons (Fsp3) is 0.500. The average molecular weight is 276 g/mol. The zero-order valence-electron chi connectivity index (χ0n) is 10.5. The average Bonchev–Trinajstić information content (AvgIpc) is 2.30. The minimum Gasteiger partial charge on any atom is -0.388 e. The molecule has 1 rings (SSSR count). The number of benzene rings is 1. The molecule has 0 aliphatic carbocycles. The lowest BCUT2D eigenvalue weighted by Gasteiger charge is -2.20. The highest BCUT2D eigenvalue weighted by molar-refractivity contribution is 7.53. The van der Waals surface area contributed by atoms with Crippen molar-refractivity contribution in [3.63, 3.8) is 0 Å². The highest BCUT2D eigenvalue weighted by atomic mass is 31.2. The molecule has 18 heavy (non-hydrogen) atoms. The van der Waals surface area contributed by atoms with Gasteiger partial charge in [0.05, 0.1) is 25.5 Å². The van der Waals surface area contributed by atoms with E-state index >= 15 is 0 Å².